The van der Waals surface area contributed by atoms with Crippen molar-refractivity contribution < 1.29 is 13.2 Å². The Labute approximate surface area is 116 Å². The van der Waals surface area contributed by atoms with Crippen molar-refractivity contribution in [1.82, 2.24) is 0 Å². The van der Waals surface area contributed by atoms with Crippen molar-refractivity contribution in [1.29, 1.82) is 0 Å². The van der Waals surface area contributed by atoms with Gasteiger partial charge in [-0.3, -0.25) is 0 Å². The monoisotopic (exact) mass is 363 g/mol. The Morgan fingerprint density at radius 3 is 2.28 bits per heavy atom. The molecule has 0 amide bonds. The van der Waals surface area contributed by atoms with Crippen LogP contribution in [-0.4, -0.2) is 0 Å². The highest BCUT2D eigenvalue weighted by molar-refractivity contribution is 14.1. The van der Waals surface area contributed by atoms with E-state index < -0.39 is 23.5 Å². The molecule has 18 heavy (non-hydrogen) atoms. The SMILES string of the molecule is NC(c1cccc(I)c1)c1cc(F)c(F)cc1F. The molecule has 0 aliphatic rings. The third-order valence-corrected chi connectivity index (χ3v) is 3.25. The summed E-state index contributed by atoms with van der Waals surface area (Å²) in [6.45, 7) is 0. The fourth-order valence-electron chi connectivity index (χ4n) is 1.66. The molecule has 94 valence electrons. The molecule has 0 spiro atoms. The lowest BCUT2D eigenvalue weighted by atomic mass is 9.99. The highest BCUT2D eigenvalue weighted by atomic mass is 127. The molecule has 2 N–H and O–H groups in total. The van der Waals surface area contributed by atoms with E-state index in [0.717, 1.165) is 9.64 Å². The second kappa shape index (κ2) is 5.27. The molecule has 0 heterocycles. The molecule has 1 unspecified atom stereocenters. The first-order valence-electron chi connectivity index (χ1n) is 5.14. The largest absolute Gasteiger partial charge is 0.320 e. The summed E-state index contributed by atoms with van der Waals surface area (Å²) in [5, 5.41) is 0. The molecule has 0 aliphatic heterocycles. The number of hydrogen-bond acceptors (Lipinski definition) is 1. The zero-order valence-corrected chi connectivity index (χ0v) is 11.3. The van der Waals surface area contributed by atoms with Crippen LogP contribution in [0.4, 0.5) is 13.2 Å². The number of halogens is 4. The summed E-state index contributed by atoms with van der Waals surface area (Å²) in [5.41, 5.74) is 6.46. The molecular weight excluding hydrogens is 354 g/mol. The fraction of sp³-hybridized carbons (Fsp3) is 0.0769. The van der Waals surface area contributed by atoms with Gasteiger partial charge < -0.3 is 5.73 Å². The van der Waals surface area contributed by atoms with Crippen molar-refractivity contribution in [2.45, 2.75) is 6.04 Å². The van der Waals surface area contributed by atoms with Gasteiger partial charge in [0.25, 0.3) is 0 Å². The van der Waals surface area contributed by atoms with Gasteiger partial charge in [0.2, 0.25) is 0 Å². The van der Waals surface area contributed by atoms with Gasteiger partial charge in [-0.1, -0.05) is 12.1 Å². The number of rotatable bonds is 2. The average Bonchev–Trinajstić information content (AvgIpc) is 2.33. The maximum absolute atomic E-state index is 13.6. The topological polar surface area (TPSA) is 26.0 Å². The molecule has 0 radical (unpaired) electrons. The molecule has 1 nitrogen and oxygen atoms in total. The first-order chi connectivity index (χ1) is 8.49. The van der Waals surface area contributed by atoms with Crippen molar-refractivity contribution in [2.75, 3.05) is 0 Å². The van der Waals surface area contributed by atoms with E-state index in [0.29, 0.717) is 11.6 Å². The minimum Gasteiger partial charge on any atom is -0.320 e. The lowest BCUT2D eigenvalue weighted by Crippen LogP contribution is -2.14. The van der Waals surface area contributed by atoms with E-state index in [1.807, 2.05) is 6.07 Å². The van der Waals surface area contributed by atoms with Crippen LogP contribution in [0.2, 0.25) is 0 Å². The highest BCUT2D eigenvalue weighted by Gasteiger charge is 2.17. The first-order valence-corrected chi connectivity index (χ1v) is 6.22. The minimum atomic E-state index is -1.22. The Balaban J connectivity index is 2.46. The van der Waals surface area contributed by atoms with E-state index >= 15 is 0 Å². The van der Waals surface area contributed by atoms with Crippen molar-refractivity contribution >= 4 is 22.6 Å². The molecule has 0 saturated heterocycles. The van der Waals surface area contributed by atoms with Gasteiger partial charge in [0.05, 0.1) is 6.04 Å². The van der Waals surface area contributed by atoms with Crippen molar-refractivity contribution in [3.05, 3.63) is 68.5 Å². The van der Waals surface area contributed by atoms with E-state index in [9.17, 15) is 13.2 Å². The quantitative estimate of drug-likeness (QED) is 0.638. The van der Waals surface area contributed by atoms with Crippen LogP contribution in [0, 0.1) is 21.0 Å². The summed E-state index contributed by atoms with van der Waals surface area (Å²) < 4.78 is 40.5. The Kier molecular flexibility index (Phi) is 3.91. The summed E-state index contributed by atoms with van der Waals surface area (Å²) >= 11 is 2.10. The Morgan fingerprint density at radius 1 is 0.944 bits per heavy atom. The Morgan fingerprint density at radius 2 is 1.61 bits per heavy atom. The van der Waals surface area contributed by atoms with Gasteiger partial charge in [-0.25, -0.2) is 13.2 Å². The molecule has 5 heteroatoms. The van der Waals surface area contributed by atoms with Gasteiger partial charge >= 0.3 is 0 Å². The summed E-state index contributed by atoms with van der Waals surface area (Å²) in [4.78, 5) is 0. The second-order valence-corrected chi connectivity index (χ2v) is 5.07. The zero-order valence-electron chi connectivity index (χ0n) is 9.13. The average molecular weight is 363 g/mol. The van der Waals surface area contributed by atoms with Crippen molar-refractivity contribution in [3.8, 4) is 0 Å². The zero-order chi connectivity index (χ0) is 13.3. The van der Waals surface area contributed by atoms with Gasteiger partial charge in [-0.05, 0) is 46.4 Å². The lowest BCUT2D eigenvalue weighted by molar-refractivity contribution is 0.487. The highest BCUT2D eigenvalue weighted by Crippen LogP contribution is 2.25. The number of hydrogen-bond donors (Lipinski definition) is 1. The van der Waals surface area contributed by atoms with Crippen molar-refractivity contribution in [2.24, 2.45) is 5.73 Å². The van der Waals surface area contributed by atoms with Crippen LogP contribution in [-0.2, 0) is 0 Å². The van der Waals surface area contributed by atoms with Crippen LogP contribution in [0.15, 0.2) is 36.4 Å². The molecule has 0 fully saturated rings. The predicted molar refractivity (Wildman–Crippen MR) is 71.5 cm³/mol. The molecule has 2 aromatic carbocycles. The van der Waals surface area contributed by atoms with Gasteiger partial charge in [-0.2, -0.15) is 0 Å². The molecular formula is C13H9F3IN. The van der Waals surface area contributed by atoms with Crippen LogP contribution < -0.4 is 5.73 Å². The molecule has 0 aromatic heterocycles. The minimum absolute atomic E-state index is 0.0594. The number of benzene rings is 2. The van der Waals surface area contributed by atoms with E-state index in [1.165, 1.54) is 0 Å². The molecule has 0 bridgehead atoms. The lowest BCUT2D eigenvalue weighted by Gasteiger charge is -2.14. The summed E-state index contributed by atoms with van der Waals surface area (Å²) in [7, 11) is 0. The van der Waals surface area contributed by atoms with E-state index in [1.54, 1.807) is 18.2 Å². The van der Waals surface area contributed by atoms with E-state index in [4.69, 9.17) is 5.73 Å². The Bertz CT molecular complexity index is 586. The first kappa shape index (κ1) is 13.4. The molecule has 0 aliphatic carbocycles. The summed E-state index contributed by atoms with van der Waals surface area (Å²) in [5.74, 6) is -3.17. The molecule has 2 aromatic rings. The summed E-state index contributed by atoms with van der Waals surface area (Å²) in [6.07, 6.45) is 0. The second-order valence-electron chi connectivity index (χ2n) is 3.82. The molecule has 0 saturated carbocycles. The summed E-state index contributed by atoms with van der Waals surface area (Å²) in [6, 6.07) is 7.61. The predicted octanol–water partition coefficient (Wildman–Crippen LogP) is 3.76. The third-order valence-electron chi connectivity index (χ3n) is 2.58. The molecule has 2 rings (SSSR count). The fourth-order valence-corrected chi connectivity index (χ4v) is 2.22. The van der Waals surface area contributed by atoms with Gasteiger partial charge in [0.15, 0.2) is 11.6 Å². The maximum Gasteiger partial charge on any atom is 0.161 e. The van der Waals surface area contributed by atoms with Crippen LogP contribution in [0.5, 0.6) is 0 Å². The van der Waals surface area contributed by atoms with Crippen LogP contribution in [0.3, 0.4) is 0 Å². The van der Waals surface area contributed by atoms with Gasteiger partial charge in [-0.15, -0.1) is 0 Å². The van der Waals surface area contributed by atoms with Crippen LogP contribution in [0.1, 0.15) is 17.2 Å². The molecule has 1 atom stereocenters. The van der Waals surface area contributed by atoms with Gasteiger partial charge in [0.1, 0.15) is 5.82 Å². The van der Waals surface area contributed by atoms with E-state index in [2.05, 4.69) is 22.6 Å². The van der Waals surface area contributed by atoms with Crippen LogP contribution >= 0.6 is 22.6 Å². The smallest absolute Gasteiger partial charge is 0.161 e. The standard InChI is InChI=1S/C13H9F3IN/c14-10-6-12(16)11(15)5-9(10)13(18)7-2-1-3-8(17)4-7/h1-6,13H,18H2. The number of nitrogens with two attached hydrogens (primary N) is 1. The Hall–Kier alpha value is -1.08. The third kappa shape index (κ3) is 2.67. The maximum atomic E-state index is 13.6. The van der Waals surface area contributed by atoms with Crippen LogP contribution in [0.25, 0.3) is 0 Å². The normalized spacial score (nSPS) is 12.5. The van der Waals surface area contributed by atoms with Gasteiger partial charge in [0, 0.05) is 15.2 Å². The van der Waals surface area contributed by atoms with E-state index in [-0.39, 0.29) is 5.56 Å². The van der Waals surface area contributed by atoms with Crippen molar-refractivity contribution in [3.63, 3.8) is 0 Å².